The zero-order valence-electron chi connectivity index (χ0n) is 11.9. The van der Waals surface area contributed by atoms with Crippen molar-refractivity contribution in [1.82, 2.24) is 10.2 Å². The van der Waals surface area contributed by atoms with Crippen molar-refractivity contribution in [2.75, 3.05) is 39.4 Å². The van der Waals surface area contributed by atoms with Gasteiger partial charge in [-0.15, -0.1) is 0 Å². The molecule has 0 unspecified atom stereocenters. The molecule has 0 spiro atoms. The van der Waals surface area contributed by atoms with Gasteiger partial charge >= 0.3 is 13.6 Å². The predicted molar refractivity (Wildman–Crippen MR) is 75.9 cm³/mol. The molecule has 0 radical (unpaired) electrons. The van der Waals surface area contributed by atoms with Gasteiger partial charge in [0, 0.05) is 32.0 Å². The normalized spacial score (nSPS) is 21.4. The van der Waals surface area contributed by atoms with Crippen molar-refractivity contribution in [2.24, 2.45) is 0 Å². The second kappa shape index (κ2) is 8.54. The van der Waals surface area contributed by atoms with Gasteiger partial charge in [0.1, 0.15) is 6.04 Å². The lowest BCUT2D eigenvalue weighted by atomic mass is 10.2. The molecule has 0 amide bonds. The van der Waals surface area contributed by atoms with Crippen molar-refractivity contribution in [2.45, 2.75) is 19.9 Å². The fourth-order valence-corrected chi connectivity index (χ4v) is 3.27. The molecule has 1 heterocycles. The second-order valence-electron chi connectivity index (χ2n) is 4.36. The van der Waals surface area contributed by atoms with Gasteiger partial charge in [-0.1, -0.05) is 6.08 Å². The number of aliphatic carboxylic acids is 1. The minimum atomic E-state index is -3.16. The number of nitrogens with one attached hydrogen (secondary N) is 1. The molecule has 1 aliphatic heterocycles. The Kier molecular flexibility index (Phi) is 7.40. The molecule has 116 valence electrons. The Balaban J connectivity index is 2.50. The summed E-state index contributed by atoms with van der Waals surface area (Å²) < 4.78 is 22.5. The minimum absolute atomic E-state index is 0.316. The number of carbonyl (C=O) groups is 1. The molecule has 1 aliphatic rings. The molecule has 0 aromatic carbocycles. The van der Waals surface area contributed by atoms with E-state index in [1.165, 1.54) is 5.82 Å². The van der Waals surface area contributed by atoms with Crippen molar-refractivity contribution in [3.63, 3.8) is 0 Å². The van der Waals surface area contributed by atoms with Crippen LogP contribution < -0.4 is 5.32 Å². The van der Waals surface area contributed by atoms with Gasteiger partial charge in [-0.3, -0.25) is 14.3 Å². The molecule has 1 fully saturated rings. The van der Waals surface area contributed by atoms with E-state index in [-0.39, 0.29) is 0 Å². The second-order valence-corrected chi connectivity index (χ2v) is 6.26. The molecule has 2 N–H and O–H groups in total. The lowest BCUT2D eigenvalue weighted by Crippen LogP contribution is -2.54. The Labute approximate surface area is 119 Å². The van der Waals surface area contributed by atoms with E-state index in [9.17, 15) is 9.36 Å². The van der Waals surface area contributed by atoms with Crippen molar-refractivity contribution in [1.29, 1.82) is 0 Å². The molecule has 0 saturated carbocycles. The summed E-state index contributed by atoms with van der Waals surface area (Å²) in [5, 5.41) is 11.9. The van der Waals surface area contributed by atoms with Gasteiger partial charge < -0.3 is 19.5 Å². The summed E-state index contributed by atoms with van der Waals surface area (Å²) in [4.78, 5) is 12.9. The molecular weight excluding hydrogens is 283 g/mol. The highest BCUT2D eigenvalue weighted by Gasteiger charge is 2.24. The van der Waals surface area contributed by atoms with E-state index in [4.69, 9.17) is 14.2 Å². The molecule has 0 aliphatic carbocycles. The van der Waals surface area contributed by atoms with Gasteiger partial charge in [0.05, 0.1) is 13.2 Å². The Morgan fingerprint density at radius 1 is 1.45 bits per heavy atom. The Bertz CT molecular complexity index is 378. The van der Waals surface area contributed by atoms with Gasteiger partial charge in [0.2, 0.25) is 0 Å². The fraction of sp³-hybridized carbons (Fsp3) is 0.750. The van der Waals surface area contributed by atoms with Crippen LogP contribution in [0.25, 0.3) is 0 Å². The van der Waals surface area contributed by atoms with Crippen LogP contribution >= 0.6 is 7.60 Å². The monoisotopic (exact) mass is 306 g/mol. The molecule has 1 rings (SSSR count). The van der Waals surface area contributed by atoms with Crippen molar-refractivity contribution in [3.05, 3.63) is 11.9 Å². The number of hydrogen-bond donors (Lipinski definition) is 2. The van der Waals surface area contributed by atoms with E-state index in [0.717, 1.165) is 6.54 Å². The maximum absolute atomic E-state index is 12.2. The van der Waals surface area contributed by atoms with Crippen LogP contribution in [0, 0.1) is 0 Å². The van der Waals surface area contributed by atoms with Crippen LogP contribution in [-0.4, -0.2) is 61.4 Å². The van der Waals surface area contributed by atoms with Crippen LogP contribution in [0.5, 0.6) is 0 Å². The maximum atomic E-state index is 12.2. The van der Waals surface area contributed by atoms with Gasteiger partial charge in [-0.05, 0) is 13.8 Å². The highest BCUT2D eigenvalue weighted by Crippen LogP contribution is 2.49. The van der Waals surface area contributed by atoms with Crippen molar-refractivity contribution < 1.29 is 23.5 Å². The quantitative estimate of drug-likeness (QED) is 0.650. The molecule has 0 aromatic heterocycles. The summed E-state index contributed by atoms with van der Waals surface area (Å²) in [5.74, 6) is 0.602. The summed E-state index contributed by atoms with van der Waals surface area (Å²) in [6.07, 6.45) is 1.72. The van der Waals surface area contributed by atoms with E-state index in [2.05, 4.69) is 5.32 Å². The molecule has 7 nitrogen and oxygen atoms in total. The van der Waals surface area contributed by atoms with Gasteiger partial charge in [0.15, 0.2) is 0 Å². The summed E-state index contributed by atoms with van der Waals surface area (Å²) in [5.41, 5.74) is 0. The number of carboxylic acid groups (broad SMARTS) is 1. The Morgan fingerprint density at radius 2 is 2.10 bits per heavy atom. The molecule has 0 aromatic rings. The van der Waals surface area contributed by atoms with Crippen molar-refractivity contribution >= 4 is 13.6 Å². The topological polar surface area (TPSA) is 88.1 Å². The predicted octanol–water partition coefficient (Wildman–Crippen LogP) is 1.12. The van der Waals surface area contributed by atoms with E-state index in [0.29, 0.717) is 32.8 Å². The number of carboxylic acids is 1. The van der Waals surface area contributed by atoms with Gasteiger partial charge in [0.25, 0.3) is 0 Å². The maximum Gasteiger partial charge on any atom is 0.353 e. The Hall–Kier alpha value is -0.720. The van der Waals surface area contributed by atoms with Crippen molar-refractivity contribution in [3.8, 4) is 0 Å². The summed E-state index contributed by atoms with van der Waals surface area (Å²) in [6, 6.07) is -0.553. The summed E-state index contributed by atoms with van der Waals surface area (Å²) in [6.45, 7) is 6.47. The number of rotatable bonds is 8. The first-order valence-corrected chi connectivity index (χ1v) is 8.37. The van der Waals surface area contributed by atoms with Crippen LogP contribution in [0.1, 0.15) is 13.8 Å². The Morgan fingerprint density at radius 3 is 2.65 bits per heavy atom. The zero-order chi connectivity index (χ0) is 15.0. The largest absolute Gasteiger partial charge is 0.480 e. The number of hydrogen-bond acceptors (Lipinski definition) is 6. The van der Waals surface area contributed by atoms with Gasteiger partial charge in [-0.2, -0.15) is 0 Å². The summed E-state index contributed by atoms with van der Waals surface area (Å²) in [7, 11) is -3.16. The fourth-order valence-electron chi connectivity index (χ4n) is 1.95. The molecule has 0 bridgehead atoms. The molecule has 8 heteroatoms. The highest BCUT2D eigenvalue weighted by atomic mass is 31.2. The highest BCUT2D eigenvalue weighted by molar-refractivity contribution is 7.57. The minimum Gasteiger partial charge on any atom is -0.480 e. The van der Waals surface area contributed by atoms with Crippen LogP contribution in [0.2, 0.25) is 0 Å². The van der Waals surface area contributed by atoms with E-state index < -0.39 is 19.6 Å². The number of nitrogens with zero attached hydrogens (tertiary/aromatic N) is 1. The lowest BCUT2D eigenvalue weighted by molar-refractivity contribution is -0.140. The molecule has 1 saturated heterocycles. The number of piperazine rings is 1. The third-order valence-electron chi connectivity index (χ3n) is 2.83. The average Bonchev–Trinajstić information content (AvgIpc) is 2.39. The summed E-state index contributed by atoms with van der Waals surface area (Å²) >= 11 is 0. The van der Waals surface area contributed by atoms with Crippen LogP contribution in [0.3, 0.4) is 0 Å². The third-order valence-corrected chi connectivity index (χ3v) is 4.64. The van der Waals surface area contributed by atoms with E-state index in [1.807, 2.05) is 4.90 Å². The lowest BCUT2D eigenvalue weighted by Gasteiger charge is -2.30. The average molecular weight is 306 g/mol. The first-order valence-electron chi connectivity index (χ1n) is 6.75. The third kappa shape index (κ3) is 5.73. The van der Waals surface area contributed by atoms with Crippen LogP contribution in [-0.2, 0) is 18.4 Å². The molecular formula is C12H23N2O5P. The molecule has 1 atom stereocenters. The van der Waals surface area contributed by atoms with Crippen LogP contribution in [0.4, 0.5) is 0 Å². The van der Waals surface area contributed by atoms with E-state index >= 15 is 0 Å². The molecule has 20 heavy (non-hydrogen) atoms. The van der Waals surface area contributed by atoms with Gasteiger partial charge in [-0.25, -0.2) is 0 Å². The smallest absolute Gasteiger partial charge is 0.353 e. The van der Waals surface area contributed by atoms with Crippen LogP contribution in [0.15, 0.2) is 11.9 Å². The standard InChI is InChI=1S/C12H23N2O5P/c1-3-18-20(17,19-4-2)9-5-7-14-8-6-13-11(10-14)12(15)16/h5,9,11,13H,3-4,6-8,10H2,1-2H3,(H,15,16)/b9-5+/t11-/m1/s1. The van der Waals surface area contributed by atoms with E-state index in [1.54, 1.807) is 19.9 Å². The zero-order valence-corrected chi connectivity index (χ0v) is 12.8. The first-order chi connectivity index (χ1) is 9.50. The SMILES string of the molecule is CCOP(=O)(/C=C/CN1CCN[C@@H](C(=O)O)C1)OCC. The first kappa shape index (κ1) is 17.3.